The number of hydrogen-bond donors (Lipinski definition) is 2. The van der Waals surface area contributed by atoms with Crippen molar-refractivity contribution in [1.82, 2.24) is 0 Å². The van der Waals surface area contributed by atoms with Crippen molar-refractivity contribution in [3.05, 3.63) is 53.1 Å². The van der Waals surface area contributed by atoms with Gasteiger partial charge in [0.2, 0.25) is 0 Å². The van der Waals surface area contributed by atoms with Crippen molar-refractivity contribution in [3.8, 4) is 0 Å². The summed E-state index contributed by atoms with van der Waals surface area (Å²) in [6, 6.07) is 13.1. The van der Waals surface area contributed by atoms with Crippen LogP contribution in [0.4, 0.5) is 17.1 Å². The van der Waals surface area contributed by atoms with E-state index >= 15 is 0 Å². The van der Waals surface area contributed by atoms with Crippen LogP contribution in [0.2, 0.25) is 5.02 Å². The average molecular weight is 344 g/mol. The summed E-state index contributed by atoms with van der Waals surface area (Å²) in [7, 11) is 0. The Labute approximate surface area is 147 Å². The number of amides is 1. The van der Waals surface area contributed by atoms with Crippen molar-refractivity contribution in [2.45, 2.75) is 32.2 Å². The van der Waals surface area contributed by atoms with Gasteiger partial charge in [-0.15, -0.1) is 0 Å². The van der Waals surface area contributed by atoms with Crippen molar-refractivity contribution in [3.63, 3.8) is 0 Å². The van der Waals surface area contributed by atoms with Crippen molar-refractivity contribution < 1.29 is 4.79 Å². The van der Waals surface area contributed by atoms with E-state index < -0.39 is 0 Å². The van der Waals surface area contributed by atoms with Crippen LogP contribution in [0.5, 0.6) is 0 Å². The standard InChI is InChI=1S/C19H22ClN3O/c1-13-5-2-3-10-23(13)18-9-8-16(21)12-17(18)22-19(24)14-6-4-7-15(20)11-14/h4,6-9,11-13H,2-3,5,10,21H2,1H3,(H,22,24)/t13-/m0/s1. The highest BCUT2D eigenvalue weighted by Gasteiger charge is 2.22. The summed E-state index contributed by atoms with van der Waals surface area (Å²) in [5, 5.41) is 3.54. The van der Waals surface area contributed by atoms with E-state index in [9.17, 15) is 4.79 Å². The quantitative estimate of drug-likeness (QED) is 0.803. The van der Waals surface area contributed by atoms with Crippen molar-refractivity contribution in [2.75, 3.05) is 22.5 Å². The summed E-state index contributed by atoms with van der Waals surface area (Å²) in [6.45, 7) is 3.21. The Morgan fingerprint density at radius 2 is 2.08 bits per heavy atom. The molecule has 24 heavy (non-hydrogen) atoms. The summed E-state index contributed by atoms with van der Waals surface area (Å²) in [6.07, 6.45) is 3.57. The fourth-order valence-electron chi connectivity index (χ4n) is 3.18. The van der Waals surface area contributed by atoms with Gasteiger partial charge < -0.3 is 16.0 Å². The van der Waals surface area contributed by atoms with Gasteiger partial charge in [0.25, 0.3) is 5.91 Å². The number of anilines is 3. The van der Waals surface area contributed by atoms with Crippen LogP contribution in [0.1, 0.15) is 36.5 Å². The predicted octanol–water partition coefficient (Wildman–Crippen LogP) is 4.55. The van der Waals surface area contributed by atoms with E-state index in [1.807, 2.05) is 18.2 Å². The first-order valence-corrected chi connectivity index (χ1v) is 8.65. The Bertz CT molecular complexity index is 747. The van der Waals surface area contributed by atoms with E-state index in [0.29, 0.717) is 22.3 Å². The molecule has 1 heterocycles. The summed E-state index contributed by atoms with van der Waals surface area (Å²) < 4.78 is 0. The molecule has 3 N–H and O–H groups in total. The molecule has 0 spiro atoms. The molecule has 2 aromatic carbocycles. The minimum atomic E-state index is -0.186. The highest BCUT2D eigenvalue weighted by atomic mass is 35.5. The number of carbonyl (C=O) groups excluding carboxylic acids is 1. The Hall–Kier alpha value is -2.20. The van der Waals surface area contributed by atoms with Crippen LogP contribution in [0.15, 0.2) is 42.5 Å². The maximum atomic E-state index is 12.6. The number of piperidine rings is 1. The SMILES string of the molecule is C[C@H]1CCCCN1c1ccc(N)cc1NC(=O)c1cccc(Cl)c1. The van der Waals surface area contributed by atoms with Crippen LogP contribution >= 0.6 is 11.6 Å². The molecule has 0 bridgehead atoms. The zero-order valence-electron chi connectivity index (χ0n) is 13.8. The summed E-state index contributed by atoms with van der Waals surface area (Å²) in [5.74, 6) is -0.186. The lowest BCUT2D eigenvalue weighted by Crippen LogP contribution is -2.38. The maximum absolute atomic E-state index is 12.6. The van der Waals surface area contributed by atoms with E-state index in [0.717, 1.165) is 30.8 Å². The normalized spacial score (nSPS) is 17.6. The molecule has 1 atom stereocenters. The van der Waals surface area contributed by atoms with E-state index in [2.05, 4.69) is 17.1 Å². The molecule has 1 fully saturated rings. The number of nitrogen functional groups attached to an aromatic ring is 1. The van der Waals surface area contributed by atoms with Crippen molar-refractivity contribution in [2.24, 2.45) is 0 Å². The number of hydrogen-bond acceptors (Lipinski definition) is 3. The summed E-state index contributed by atoms with van der Waals surface area (Å²) in [4.78, 5) is 14.9. The third kappa shape index (κ3) is 3.65. The molecule has 5 heteroatoms. The van der Waals surface area contributed by atoms with E-state index in [4.69, 9.17) is 17.3 Å². The smallest absolute Gasteiger partial charge is 0.255 e. The van der Waals surface area contributed by atoms with Gasteiger partial charge in [-0.2, -0.15) is 0 Å². The molecule has 4 nitrogen and oxygen atoms in total. The molecular formula is C19H22ClN3O. The molecule has 1 saturated heterocycles. The van der Waals surface area contributed by atoms with Crippen LogP contribution in [-0.2, 0) is 0 Å². The molecule has 1 aliphatic heterocycles. The van der Waals surface area contributed by atoms with Gasteiger partial charge in [-0.25, -0.2) is 0 Å². The first-order valence-electron chi connectivity index (χ1n) is 8.27. The summed E-state index contributed by atoms with van der Waals surface area (Å²) >= 11 is 5.98. The zero-order valence-corrected chi connectivity index (χ0v) is 14.5. The van der Waals surface area contributed by atoms with E-state index in [1.54, 1.807) is 24.3 Å². The molecule has 1 aliphatic rings. The third-order valence-corrected chi connectivity index (χ3v) is 4.70. The van der Waals surface area contributed by atoms with E-state index in [-0.39, 0.29) is 5.91 Å². The minimum absolute atomic E-state index is 0.186. The van der Waals surface area contributed by atoms with Gasteiger partial charge in [0.15, 0.2) is 0 Å². The highest BCUT2D eigenvalue weighted by Crippen LogP contribution is 2.33. The highest BCUT2D eigenvalue weighted by molar-refractivity contribution is 6.31. The third-order valence-electron chi connectivity index (χ3n) is 4.47. The second-order valence-corrected chi connectivity index (χ2v) is 6.72. The molecule has 3 rings (SSSR count). The predicted molar refractivity (Wildman–Crippen MR) is 101 cm³/mol. The van der Waals surface area contributed by atoms with Crippen LogP contribution < -0.4 is 16.0 Å². The molecule has 1 amide bonds. The lowest BCUT2D eigenvalue weighted by Gasteiger charge is -2.36. The molecule has 2 aromatic rings. The first kappa shape index (κ1) is 16.7. The zero-order chi connectivity index (χ0) is 17.1. The van der Waals surface area contributed by atoms with Crippen LogP contribution in [0.25, 0.3) is 0 Å². The van der Waals surface area contributed by atoms with Crippen molar-refractivity contribution in [1.29, 1.82) is 0 Å². The molecule has 0 aromatic heterocycles. The monoisotopic (exact) mass is 343 g/mol. The second-order valence-electron chi connectivity index (χ2n) is 6.28. The van der Waals surface area contributed by atoms with Gasteiger partial charge in [-0.3, -0.25) is 4.79 Å². The van der Waals surface area contributed by atoms with Gasteiger partial charge in [0.05, 0.1) is 11.4 Å². The second kappa shape index (κ2) is 7.14. The molecule has 126 valence electrons. The lowest BCUT2D eigenvalue weighted by atomic mass is 10.0. The number of halogens is 1. The molecule has 0 unspecified atom stereocenters. The van der Waals surface area contributed by atoms with Crippen LogP contribution in [0, 0.1) is 0 Å². The number of nitrogens with two attached hydrogens (primary N) is 1. The Morgan fingerprint density at radius 3 is 2.83 bits per heavy atom. The van der Waals surface area contributed by atoms with Gasteiger partial charge in [-0.1, -0.05) is 17.7 Å². The largest absolute Gasteiger partial charge is 0.399 e. The topological polar surface area (TPSA) is 58.4 Å². The van der Waals surface area contributed by atoms with Gasteiger partial charge >= 0.3 is 0 Å². The lowest BCUT2D eigenvalue weighted by molar-refractivity contribution is 0.102. The Morgan fingerprint density at radius 1 is 1.25 bits per heavy atom. The fourth-order valence-corrected chi connectivity index (χ4v) is 3.37. The Kier molecular flexibility index (Phi) is 4.95. The van der Waals surface area contributed by atoms with Crippen molar-refractivity contribution >= 4 is 34.6 Å². The molecular weight excluding hydrogens is 322 g/mol. The van der Waals surface area contributed by atoms with Crippen LogP contribution in [-0.4, -0.2) is 18.5 Å². The number of nitrogens with zero attached hydrogens (tertiary/aromatic N) is 1. The van der Waals surface area contributed by atoms with Gasteiger partial charge in [-0.05, 0) is 62.6 Å². The number of carbonyl (C=O) groups is 1. The molecule has 0 saturated carbocycles. The van der Waals surface area contributed by atoms with Gasteiger partial charge in [0, 0.05) is 28.9 Å². The number of rotatable bonds is 3. The first-order chi connectivity index (χ1) is 11.5. The number of nitrogens with one attached hydrogen (secondary N) is 1. The summed E-state index contributed by atoms with van der Waals surface area (Å²) in [5.41, 5.74) is 8.86. The Balaban J connectivity index is 1.89. The van der Waals surface area contributed by atoms with E-state index in [1.165, 1.54) is 6.42 Å². The molecule has 0 aliphatic carbocycles. The average Bonchev–Trinajstić information content (AvgIpc) is 2.56. The maximum Gasteiger partial charge on any atom is 0.255 e. The molecule has 0 radical (unpaired) electrons. The fraction of sp³-hybridized carbons (Fsp3) is 0.316. The van der Waals surface area contributed by atoms with Gasteiger partial charge in [0.1, 0.15) is 0 Å². The minimum Gasteiger partial charge on any atom is -0.399 e. The van der Waals surface area contributed by atoms with Crippen LogP contribution in [0.3, 0.4) is 0 Å². The number of benzene rings is 2.